The van der Waals surface area contributed by atoms with Crippen molar-refractivity contribution in [2.75, 3.05) is 6.61 Å². The number of carbonyl (C=O) groups excluding carboxylic acids is 1. The van der Waals surface area contributed by atoms with Gasteiger partial charge in [-0.1, -0.05) is 43.3 Å². The minimum absolute atomic E-state index is 0.129. The molecule has 0 unspecified atom stereocenters. The van der Waals surface area contributed by atoms with E-state index in [1.807, 2.05) is 36.4 Å². The third-order valence-corrected chi connectivity index (χ3v) is 3.98. The van der Waals surface area contributed by atoms with Crippen molar-refractivity contribution in [3.63, 3.8) is 0 Å². The van der Waals surface area contributed by atoms with Gasteiger partial charge < -0.3 is 9.47 Å². The highest BCUT2D eigenvalue weighted by Crippen LogP contribution is 2.38. The lowest BCUT2D eigenvalue weighted by Crippen LogP contribution is -2.38. The lowest BCUT2D eigenvalue weighted by molar-refractivity contribution is -0.164. The first-order chi connectivity index (χ1) is 9.67. The third kappa shape index (κ3) is 3.70. The van der Waals surface area contributed by atoms with E-state index < -0.39 is 0 Å². The molecule has 0 aromatic heterocycles. The first-order valence-electron chi connectivity index (χ1n) is 7.12. The van der Waals surface area contributed by atoms with Crippen LogP contribution in [0, 0.1) is 5.41 Å². The maximum atomic E-state index is 11.7. The van der Waals surface area contributed by atoms with Gasteiger partial charge in [0.25, 0.3) is 0 Å². The summed E-state index contributed by atoms with van der Waals surface area (Å²) in [5, 5.41) is 0. The molecule has 1 heterocycles. The average Bonchev–Trinajstić information content (AvgIpc) is 2.47. The molecule has 1 saturated heterocycles. The lowest BCUT2D eigenvalue weighted by Gasteiger charge is -2.37. The third-order valence-electron chi connectivity index (χ3n) is 3.98. The van der Waals surface area contributed by atoms with E-state index in [4.69, 9.17) is 9.47 Å². The van der Waals surface area contributed by atoms with E-state index in [0.717, 1.165) is 18.4 Å². The first kappa shape index (κ1) is 14.8. The van der Waals surface area contributed by atoms with Crippen LogP contribution in [-0.2, 0) is 20.9 Å². The summed E-state index contributed by atoms with van der Waals surface area (Å²) >= 11 is 0. The zero-order valence-electron chi connectivity index (χ0n) is 12.0. The number of hydrogen-bond donors (Lipinski definition) is 0. The summed E-state index contributed by atoms with van der Waals surface area (Å²) in [5.41, 5.74) is 0.996. The zero-order chi connectivity index (χ0) is 14.4. The molecule has 2 rings (SSSR count). The van der Waals surface area contributed by atoms with Crippen molar-refractivity contribution in [2.45, 2.75) is 38.9 Å². The molecule has 0 aliphatic carbocycles. The van der Waals surface area contributed by atoms with Gasteiger partial charge in [0.1, 0.15) is 6.10 Å². The molecule has 1 aromatic rings. The van der Waals surface area contributed by atoms with Gasteiger partial charge in [-0.25, -0.2) is 0 Å². The Balaban J connectivity index is 1.86. The lowest BCUT2D eigenvalue weighted by atomic mass is 9.75. The predicted molar refractivity (Wildman–Crippen MR) is 78.1 cm³/mol. The SMILES string of the molecule is C=C[C@]1(CC)CC(=O)O[C@@H](COCc2ccccc2)C1. The van der Waals surface area contributed by atoms with E-state index in [2.05, 4.69) is 13.5 Å². The van der Waals surface area contributed by atoms with Gasteiger partial charge in [0.15, 0.2) is 0 Å². The van der Waals surface area contributed by atoms with Crippen LogP contribution in [0.4, 0.5) is 0 Å². The van der Waals surface area contributed by atoms with Crippen molar-refractivity contribution in [1.29, 1.82) is 0 Å². The maximum Gasteiger partial charge on any atom is 0.307 e. The molecule has 0 N–H and O–H groups in total. The molecule has 0 radical (unpaired) electrons. The van der Waals surface area contributed by atoms with Gasteiger partial charge in [0.2, 0.25) is 0 Å². The quantitative estimate of drug-likeness (QED) is 0.588. The number of allylic oxidation sites excluding steroid dienone is 1. The van der Waals surface area contributed by atoms with Gasteiger partial charge >= 0.3 is 5.97 Å². The highest BCUT2D eigenvalue weighted by atomic mass is 16.6. The van der Waals surface area contributed by atoms with Crippen LogP contribution in [-0.4, -0.2) is 18.7 Å². The van der Waals surface area contributed by atoms with Crippen LogP contribution in [0.2, 0.25) is 0 Å². The highest BCUT2D eigenvalue weighted by Gasteiger charge is 2.38. The number of esters is 1. The Hall–Kier alpha value is -1.61. The van der Waals surface area contributed by atoms with E-state index in [1.165, 1.54) is 0 Å². The fourth-order valence-corrected chi connectivity index (χ4v) is 2.63. The van der Waals surface area contributed by atoms with E-state index >= 15 is 0 Å². The second-order valence-electron chi connectivity index (χ2n) is 5.41. The fourth-order valence-electron chi connectivity index (χ4n) is 2.63. The Morgan fingerprint density at radius 1 is 1.45 bits per heavy atom. The van der Waals surface area contributed by atoms with Crippen LogP contribution < -0.4 is 0 Å². The van der Waals surface area contributed by atoms with Gasteiger partial charge in [-0.2, -0.15) is 0 Å². The normalized spacial score (nSPS) is 26.1. The van der Waals surface area contributed by atoms with Gasteiger partial charge in [-0.05, 0) is 18.4 Å². The number of ether oxygens (including phenoxy) is 2. The van der Waals surface area contributed by atoms with Crippen molar-refractivity contribution < 1.29 is 14.3 Å². The van der Waals surface area contributed by atoms with Crippen molar-refractivity contribution >= 4 is 5.97 Å². The number of carbonyl (C=O) groups is 1. The molecule has 2 atom stereocenters. The maximum absolute atomic E-state index is 11.7. The number of cyclic esters (lactones) is 1. The van der Waals surface area contributed by atoms with Crippen LogP contribution >= 0.6 is 0 Å². The standard InChI is InChI=1S/C17H22O3/c1-3-17(4-2)10-15(20-16(18)11-17)13-19-12-14-8-6-5-7-9-14/h3,5-9,15H,1,4,10-13H2,2H3/t15-,17-/m1/s1. The molecule has 3 nitrogen and oxygen atoms in total. The molecule has 0 amide bonds. The minimum atomic E-state index is -0.169. The van der Waals surface area contributed by atoms with Crippen molar-refractivity contribution in [3.05, 3.63) is 48.6 Å². The van der Waals surface area contributed by atoms with Crippen molar-refractivity contribution in [1.82, 2.24) is 0 Å². The topological polar surface area (TPSA) is 35.5 Å². The molecule has 20 heavy (non-hydrogen) atoms. The second kappa shape index (κ2) is 6.71. The van der Waals surface area contributed by atoms with Gasteiger partial charge in [-0.15, -0.1) is 6.58 Å². The Labute approximate surface area is 120 Å². The van der Waals surface area contributed by atoms with Gasteiger partial charge in [0.05, 0.1) is 19.6 Å². The summed E-state index contributed by atoms with van der Waals surface area (Å²) in [7, 11) is 0. The second-order valence-corrected chi connectivity index (χ2v) is 5.41. The Kier molecular flexibility index (Phi) is 4.96. The first-order valence-corrected chi connectivity index (χ1v) is 7.12. The summed E-state index contributed by atoms with van der Waals surface area (Å²) in [4.78, 5) is 11.7. The Bertz CT molecular complexity index is 455. The summed E-state index contributed by atoms with van der Waals surface area (Å²) in [6.07, 6.45) is 3.87. The zero-order valence-corrected chi connectivity index (χ0v) is 12.0. The van der Waals surface area contributed by atoms with Crippen LogP contribution in [0.5, 0.6) is 0 Å². The molecular weight excluding hydrogens is 252 g/mol. The Morgan fingerprint density at radius 3 is 2.85 bits per heavy atom. The molecule has 3 heteroatoms. The largest absolute Gasteiger partial charge is 0.460 e. The van der Waals surface area contributed by atoms with Crippen LogP contribution in [0.15, 0.2) is 43.0 Å². The van der Waals surface area contributed by atoms with E-state index in [0.29, 0.717) is 19.6 Å². The summed E-state index contributed by atoms with van der Waals surface area (Å²) in [6.45, 7) is 6.95. The molecule has 1 aromatic carbocycles. The molecule has 0 bridgehead atoms. The molecule has 1 fully saturated rings. The Morgan fingerprint density at radius 2 is 2.20 bits per heavy atom. The molecular formula is C17H22O3. The van der Waals surface area contributed by atoms with Crippen LogP contribution in [0.1, 0.15) is 31.7 Å². The molecule has 1 aliphatic rings. The number of benzene rings is 1. The fraction of sp³-hybridized carbons (Fsp3) is 0.471. The van der Waals surface area contributed by atoms with E-state index in [1.54, 1.807) is 0 Å². The number of hydrogen-bond acceptors (Lipinski definition) is 3. The summed E-state index contributed by atoms with van der Waals surface area (Å²) < 4.78 is 11.0. The van der Waals surface area contributed by atoms with Crippen molar-refractivity contribution in [3.8, 4) is 0 Å². The minimum Gasteiger partial charge on any atom is -0.460 e. The highest BCUT2D eigenvalue weighted by molar-refractivity contribution is 5.71. The van der Waals surface area contributed by atoms with Gasteiger partial charge in [0, 0.05) is 5.41 Å². The monoisotopic (exact) mass is 274 g/mol. The van der Waals surface area contributed by atoms with E-state index in [9.17, 15) is 4.79 Å². The van der Waals surface area contributed by atoms with Crippen molar-refractivity contribution in [2.24, 2.45) is 5.41 Å². The average molecular weight is 274 g/mol. The molecule has 0 saturated carbocycles. The molecule has 0 spiro atoms. The summed E-state index contributed by atoms with van der Waals surface area (Å²) in [6, 6.07) is 9.99. The summed E-state index contributed by atoms with van der Waals surface area (Å²) in [5.74, 6) is -0.147. The van der Waals surface area contributed by atoms with E-state index in [-0.39, 0.29) is 17.5 Å². The predicted octanol–water partition coefficient (Wildman–Crippen LogP) is 3.49. The van der Waals surface area contributed by atoms with Crippen LogP contribution in [0.3, 0.4) is 0 Å². The smallest absolute Gasteiger partial charge is 0.307 e. The van der Waals surface area contributed by atoms with Gasteiger partial charge in [-0.3, -0.25) is 4.79 Å². The molecule has 1 aliphatic heterocycles. The van der Waals surface area contributed by atoms with Crippen LogP contribution in [0.25, 0.3) is 0 Å². The molecule has 108 valence electrons. The number of rotatable bonds is 6.